The lowest BCUT2D eigenvalue weighted by Crippen LogP contribution is -2.37. The Bertz CT molecular complexity index is 515. The number of alkyl halides is 1. The maximum absolute atomic E-state index is 12.3. The molecule has 2 rings (SSSR count). The monoisotopic (exact) mass is 347 g/mol. The molecule has 1 aliphatic carbocycles. The largest absolute Gasteiger partial charge is 0.497 e. The smallest absolute Gasteiger partial charge is 0.240 e. The minimum absolute atomic E-state index is 0.0338. The maximum atomic E-state index is 12.3. The second kappa shape index (κ2) is 6.24. The van der Waals surface area contributed by atoms with E-state index in [0.717, 1.165) is 24.6 Å². The van der Waals surface area contributed by atoms with Gasteiger partial charge in [-0.1, -0.05) is 22.4 Å². The predicted molar refractivity (Wildman–Crippen MR) is 78.2 cm³/mol. The van der Waals surface area contributed by atoms with E-state index in [4.69, 9.17) is 4.74 Å². The van der Waals surface area contributed by atoms with Crippen LogP contribution in [0.4, 0.5) is 0 Å². The molecule has 0 spiro atoms. The van der Waals surface area contributed by atoms with E-state index in [2.05, 4.69) is 20.7 Å². The van der Waals surface area contributed by atoms with Crippen LogP contribution in [-0.4, -0.2) is 26.9 Å². The molecule has 1 aromatic rings. The van der Waals surface area contributed by atoms with Gasteiger partial charge in [0.25, 0.3) is 0 Å². The Balaban J connectivity index is 2.13. The quantitative estimate of drug-likeness (QED) is 0.832. The maximum Gasteiger partial charge on any atom is 0.240 e. The molecule has 0 amide bonds. The van der Waals surface area contributed by atoms with E-state index in [1.54, 1.807) is 31.4 Å². The summed E-state index contributed by atoms with van der Waals surface area (Å²) < 4.78 is 32.4. The first-order valence-corrected chi connectivity index (χ1v) is 8.89. The molecule has 1 N–H and O–H groups in total. The first-order valence-electron chi connectivity index (χ1n) is 6.29. The third-order valence-electron chi connectivity index (χ3n) is 3.53. The Kier molecular flexibility index (Phi) is 4.86. The third kappa shape index (κ3) is 3.49. The molecule has 1 aliphatic rings. The number of halogens is 1. The summed E-state index contributed by atoms with van der Waals surface area (Å²) in [6.07, 6.45) is 3.05. The van der Waals surface area contributed by atoms with Crippen molar-refractivity contribution in [1.82, 2.24) is 4.72 Å². The highest BCUT2D eigenvalue weighted by Crippen LogP contribution is 2.28. The van der Waals surface area contributed by atoms with Crippen molar-refractivity contribution in [2.45, 2.75) is 30.2 Å². The average molecular weight is 348 g/mol. The molecule has 1 fully saturated rings. The number of nitrogens with one attached hydrogen (secondary N) is 1. The van der Waals surface area contributed by atoms with Gasteiger partial charge in [0, 0.05) is 11.4 Å². The molecule has 0 heterocycles. The second-order valence-corrected chi connectivity index (χ2v) is 7.11. The van der Waals surface area contributed by atoms with E-state index in [1.165, 1.54) is 0 Å². The molecule has 0 aromatic heterocycles. The van der Waals surface area contributed by atoms with Crippen molar-refractivity contribution >= 4 is 26.0 Å². The lowest BCUT2D eigenvalue weighted by Gasteiger charge is -2.19. The van der Waals surface area contributed by atoms with Gasteiger partial charge in [-0.3, -0.25) is 0 Å². The summed E-state index contributed by atoms with van der Waals surface area (Å²) >= 11 is 3.45. The van der Waals surface area contributed by atoms with Crippen LogP contribution < -0.4 is 9.46 Å². The topological polar surface area (TPSA) is 55.4 Å². The van der Waals surface area contributed by atoms with Gasteiger partial charge in [0.15, 0.2) is 0 Å². The summed E-state index contributed by atoms with van der Waals surface area (Å²) in [4.78, 5) is 0.286. The van der Waals surface area contributed by atoms with E-state index >= 15 is 0 Å². The number of hydrogen-bond acceptors (Lipinski definition) is 3. The van der Waals surface area contributed by atoms with Crippen molar-refractivity contribution in [2.24, 2.45) is 5.92 Å². The highest BCUT2D eigenvalue weighted by molar-refractivity contribution is 9.09. The summed E-state index contributed by atoms with van der Waals surface area (Å²) in [5.74, 6) is 1.03. The predicted octanol–water partition coefficient (Wildman–Crippen LogP) is 2.54. The van der Waals surface area contributed by atoms with Gasteiger partial charge in [0.2, 0.25) is 10.0 Å². The van der Waals surface area contributed by atoms with Gasteiger partial charge in [-0.05, 0) is 43.0 Å². The molecule has 0 bridgehead atoms. The fourth-order valence-electron chi connectivity index (χ4n) is 2.40. The Labute approximate surface area is 122 Å². The number of rotatable bonds is 5. The molecular formula is C13H18BrNO3S. The zero-order valence-electron chi connectivity index (χ0n) is 10.8. The van der Waals surface area contributed by atoms with Crippen molar-refractivity contribution in [1.29, 1.82) is 0 Å². The van der Waals surface area contributed by atoms with Gasteiger partial charge in [-0.2, -0.15) is 0 Å². The number of sulfonamides is 1. The van der Waals surface area contributed by atoms with Crippen LogP contribution in [0.25, 0.3) is 0 Å². The standard InChI is InChI=1S/C13H18BrNO3S/c1-18-11-5-7-12(8-6-11)19(16,17)15-13-4-2-3-10(13)9-14/h5-8,10,13,15H,2-4,9H2,1H3. The molecular weight excluding hydrogens is 330 g/mol. The van der Waals surface area contributed by atoms with Crippen LogP contribution in [0.5, 0.6) is 5.75 Å². The number of ether oxygens (including phenoxy) is 1. The number of benzene rings is 1. The minimum atomic E-state index is -3.44. The van der Waals surface area contributed by atoms with Crippen molar-refractivity contribution in [2.75, 3.05) is 12.4 Å². The summed E-state index contributed by atoms with van der Waals surface area (Å²) in [6.45, 7) is 0. The number of methoxy groups -OCH3 is 1. The molecule has 1 saturated carbocycles. The van der Waals surface area contributed by atoms with Gasteiger partial charge in [0.1, 0.15) is 5.75 Å². The van der Waals surface area contributed by atoms with Crippen LogP contribution >= 0.6 is 15.9 Å². The molecule has 0 saturated heterocycles. The van der Waals surface area contributed by atoms with Gasteiger partial charge >= 0.3 is 0 Å². The molecule has 4 nitrogen and oxygen atoms in total. The third-order valence-corrected chi connectivity index (χ3v) is 5.87. The lowest BCUT2D eigenvalue weighted by molar-refractivity contribution is 0.414. The summed E-state index contributed by atoms with van der Waals surface area (Å²) in [6, 6.07) is 6.49. The van der Waals surface area contributed by atoms with Crippen molar-refractivity contribution in [3.8, 4) is 5.75 Å². The zero-order valence-corrected chi connectivity index (χ0v) is 13.2. The molecule has 19 heavy (non-hydrogen) atoms. The van der Waals surface area contributed by atoms with Crippen LogP contribution in [-0.2, 0) is 10.0 Å². The van der Waals surface area contributed by atoms with Crippen LogP contribution in [0, 0.1) is 5.92 Å². The molecule has 2 atom stereocenters. The van der Waals surface area contributed by atoms with E-state index < -0.39 is 10.0 Å². The minimum Gasteiger partial charge on any atom is -0.497 e. The molecule has 0 radical (unpaired) electrons. The Morgan fingerprint density at radius 1 is 1.32 bits per heavy atom. The van der Waals surface area contributed by atoms with E-state index in [1.807, 2.05) is 0 Å². The average Bonchev–Trinajstić information content (AvgIpc) is 2.85. The lowest BCUT2D eigenvalue weighted by atomic mass is 10.1. The van der Waals surface area contributed by atoms with Crippen LogP contribution in [0.15, 0.2) is 29.2 Å². The Morgan fingerprint density at radius 2 is 2.00 bits per heavy atom. The summed E-state index contributed by atoms with van der Waals surface area (Å²) in [7, 11) is -1.88. The van der Waals surface area contributed by atoms with E-state index in [-0.39, 0.29) is 10.9 Å². The van der Waals surface area contributed by atoms with Gasteiger partial charge in [-0.25, -0.2) is 13.1 Å². The van der Waals surface area contributed by atoms with Gasteiger partial charge in [0.05, 0.1) is 12.0 Å². The highest BCUT2D eigenvalue weighted by atomic mass is 79.9. The summed E-state index contributed by atoms with van der Waals surface area (Å²) in [5.41, 5.74) is 0. The van der Waals surface area contributed by atoms with Gasteiger partial charge in [-0.15, -0.1) is 0 Å². The van der Waals surface area contributed by atoms with E-state index in [9.17, 15) is 8.42 Å². The van der Waals surface area contributed by atoms with E-state index in [0.29, 0.717) is 11.7 Å². The molecule has 1 aromatic carbocycles. The SMILES string of the molecule is COc1ccc(S(=O)(=O)NC2CCCC2CBr)cc1. The molecule has 6 heteroatoms. The van der Waals surface area contributed by atoms with Crippen LogP contribution in [0.3, 0.4) is 0 Å². The Morgan fingerprint density at radius 3 is 2.58 bits per heavy atom. The van der Waals surface area contributed by atoms with Crippen molar-refractivity contribution < 1.29 is 13.2 Å². The van der Waals surface area contributed by atoms with Crippen molar-refractivity contribution in [3.05, 3.63) is 24.3 Å². The normalized spacial score (nSPS) is 23.5. The molecule has 2 unspecified atom stereocenters. The van der Waals surface area contributed by atoms with Crippen LogP contribution in [0.2, 0.25) is 0 Å². The zero-order chi connectivity index (χ0) is 13.9. The number of hydrogen-bond donors (Lipinski definition) is 1. The second-order valence-electron chi connectivity index (χ2n) is 4.75. The Hall–Kier alpha value is -0.590. The first kappa shape index (κ1) is 14.8. The highest BCUT2D eigenvalue weighted by Gasteiger charge is 2.30. The summed E-state index contributed by atoms with van der Waals surface area (Å²) in [5, 5.41) is 0.836. The fraction of sp³-hybridized carbons (Fsp3) is 0.538. The van der Waals surface area contributed by atoms with Crippen LogP contribution in [0.1, 0.15) is 19.3 Å². The molecule has 0 aliphatic heterocycles. The first-order chi connectivity index (χ1) is 9.06. The van der Waals surface area contributed by atoms with Gasteiger partial charge < -0.3 is 4.74 Å². The molecule has 106 valence electrons. The van der Waals surface area contributed by atoms with Crippen molar-refractivity contribution in [3.63, 3.8) is 0 Å². The fourth-order valence-corrected chi connectivity index (χ4v) is 4.51.